The van der Waals surface area contributed by atoms with Crippen LogP contribution in [0.1, 0.15) is 40.4 Å². The van der Waals surface area contributed by atoms with Gasteiger partial charge >= 0.3 is 0 Å². The normalized spacial score (nSPS) is 17.1. The van der Waals surface area contributed by atoms with E-state index in [9.17, 15) is 10.1 Å². The summed E-state index contributed by atoms with van der Waals surface area (Å²) in [4.78, 5) is 22.4. The Kier molecular flexibility index (Phi) is 6.58. The number of aryl methyl sites for hydroxylation is 1. The Hall–Kier alpha value is -4.31. The van der Waals surface area contributed by atoms with E-state index in [1.807, 2.05) is 54.8 Å². The molecule has 1 saturated heterocycles. The molecule has 0 radical (unpaired) electrons. The van der Waals surface area contributed by atoms with E-state index < -0.39 is 4.92 Å². The molecule has 0 unspecified atom stereocenters. The monoisotopic (exact) mass is 514 g/mol. The van der Waals surface area contributed by atoms with Crippen molar-refractivity contribution in [3.05, 3.63) is 112 Å². The number of hydrogen-bond donors (Lipinski definition) is 1. The topological polar surface area (TPSA) is 98.3 Å². The first-order valence-electron chi connectivity index (χ1n) is 11.8. The number of hydrogen-bond acceptors (Lipinski definition) is 6. The van der Waals surface area contributed by atoms with Crippen LogP contribution in [0.2, 0.25) is 0 Å². The summed E-state index contributed by atoms with van der Waals surface area (Å²) in [6.45, 7) is 4.51. The van der Waals surface area contributed by atoms with Gasteiger partial charge in [-0.2, -0.15) is 0 Å². The number of aromatic nitrogens is 3. The van der Waals surface area contributed by atoms with E-state index in [2.05, 4.69) is 26.3 Å². The molecule has 10 heteroatoms. The Morgan fingerprint density at radius 3 is 2.49 bits per heavy atom. The van der Waals surface area contributed by atoms with Crippen molar-refractivity contribution in [1.82, 2.24) is 24.8 Å². The third-order valence-electron chi connectivity index (χ3n) is 6.66. The van der Waals surface area contributed by atoms with Gasteiger partial charge in [0.15, 0.2) is 5.11 Å². The van der Waals surface area contributed by atoms with Crippen LogP contribution in [0, 0.1) is 24.0 Å². The number of nitro groups is 1. The average molecular weight is 515 g/mol. The van der Waals surface area contributed by atoms with Crippen LogP contribution in [0.5, 0.6) is 5.75 Å². The van der Waals surface area contributed by atoms with Crippen LogP contribution in [0.3, 0.4) is 0 Å². The molecule has 4 aromatic rings. The predicted molar refractivity (Wildman–Crippen MR) is 144 cm³/mol. The van der Waals surface area contributed by atoms with Crippen LogP contribution >= 0.6 is 12.2 Å². The molecular formula is C27H26N6O3S. The highest BCUT2D eigenvalue weighted by molar-refractivity contribution is 7.80. The summed E-state index contributed by atoms with van der Waals surface area (Å²) in [7, 11) is 1.56. The molecule has 9 nitrogen and oxygen atoms in total. The van der Waals surface area contributed by atoms with Crippen LogP contribution in [0.4, 0.5) is 5.69 Å². The van der Waals surface area contributed by atoms with Gasteiger partial charge in [0, 0.05) is 35.9 Å². The van der Waals surface area contributed by atoms with Crippen LogP contribution in [0.25, 0.3) is 5.69 Å². The molecular weight excluding hydrogens is 488 g/mol. The van der Waals surface area contributed by atoms with Crippen LogP contribution in [-0.2, 0) is 6.54 Å². The van der Waals surface area contributed by atoms with E-state index in [0.717, 1.165) is 28.3 Å². The molecule has 3 aromatic heterocycles. The number of nitro benzene ring substituents is 1. The smallest absolute Gasteiger partial charge is 0.271 e. The summed E-state index contributed by atoms with van der Waals surface area (Å²) in [5, 5.41) is 15.6. The van der Waals surface area contributed by atoms with Gasteiger partial charge < -0.3 is 19.5 Å². The Balaban J connectivity index is 1.66. The number of nitrogens with zero attached hydrogens (tertiary/aromatic N) is 5. The minimum atomic E-state index is -0.400. The lowest BCUT2D eigenvalue weighted by molar-refractivity contribution is -0.384. The third-order valence-corrected chi connectivity index (χ3v) is 7.01. The molecule has 37 heavy (non-hydrogen) atoms. The van der Waals surface area contributed by atoms with Gasteiger partial charge in [0.05, 0.1) is 47.7 Å². The molecule has 0 bridgehead atoms. The zero-order valence-electron chi connectivity index (χ0n) is 20.7. The lowest BCUT2D eigenvalue weighted by Crippen LogP contribution is -2.29. The van der Waals surface area contributed by atoms with Gasteiger partial charge in [-0.1, -0.05) is 12.1 Å². The second-order valence-corrected chi connectivity index (χ2v) is 9.24. The number of pyridine rings is 2. The van der Waals surface area contributed by atoms with Crippen molar-refractivity contribution in [2.24, 2.45) is 0 Å². The summed E-state index contributed by atoms with van der Waals surface area (Å²) in [6.07, 6.45) is 3.54. The van der Waals surface area contributed by atoms with Crippen molar-refractivity contribution < 1.29 is 9.66 Å². The zero-order chi connectivity index (χ0) is 26.1. The molecule has 1 N–H and O–H groups in total. The summed E-state index contributed by atoms with van der Waals surface area (Å²) >= 11 is 5.81. The minimum absolute atomic E-state index is 0.00305. The maximum atomic E-state index is 11.5. The first-order valence-corrected chi connectivity index (χ1v) is 12.2. The highest BCUT2D eigenvalue weighted by atomic mass is 32.1. The molecule has 188 valence electrons. The largest absolute Gasteiger partial charge is 0.495 e. The fourth-order valence-corrected chi connectivity index (χ4v) is 5.31. The molecule has 0 spiro atoms. The van der Waals surface area contributed by atoms with Gasteiger partial charge in [-0.15, -0.1) is 0 Å². The van der Waals surface area contributed by atoms with Gasteiger partial charge in [-0.05, 0) is 68.0 Å². The van der Waals surface area contributed by atoms with Crippen molar-refractivity contribution in [2.45, 2.75) is 32.5 Å². The van der Waals surface area contributed by atoms with Gasteiger partial charge in [0.25, 0.3) is 5.69 Å². The molecule has 0 saturated carbocycles. The van der Waals surface area contributed by atoms with Crippen LogP contribution < -0.4 is 10.1 Å². The molecule has 5 rings (SSSR count). The van der Waals surface area contributed by atoms with E-state index in [4.69, 9.17) is 17.0 Å². The van der Waals surface area contributed by atoms with E-state index >= 15 is 0 Å². The molecule has 1 aliphatic rings. The van der Waals surface area contributed by atoms with Crippen molar-refractivity contribution >= 4 is 23.0 Å². The second-order valence-electron chi connectivity index (χ2n) is 8.85. The Morgan fingerprint density at radius 2 is 1.84 bits per heavy atom. The first kappa shape index (κ1) is 24.4. The lowest BCUT2D eigenvalue weighted by Gasteiger charge is -2.28. The van der Waals surface area contributed by atoms with Crippen LogP contribution in [-0.4, -0.2) is 36.6 Å². The number of thiocarbonyl (C=S) groups is 1. The maximum Gasteiger partial charge on any atom is 0.271 e. The zero-order valence-corrected chi connectivity index (χ0v) is 21.5. The quantitative estimate of drug-likeness (QED) is 0.210. The number of methoxy groups -OCH3 is 1. The maximum absolute atomic E-state index is 11.5. The van der Waals surface area contributed by atoms with Crippen molar-refractivity contribution in [2.75, 3.05) is 7.11 Å². The SMILES string of the molecule is COc1ccc([N+](=O)[O-])cc1-n1c(C)cc([C@H]2[C@H](c3ccccn3)NC(=S)N2Cc2ccccn2)c1C. The third kappa shape index (κ3) is 4.51. The molecule has 0 aliphatic carbocycles. The highest BCUT2D eigenvalue weighted by Crippen LogP contribution is 2.43. The van der Waals surface area contributed by atoms with Gasteiger partial charge in [0.1, 0.15) is 5.75 Å². The summed E-state index contributed by atoms with van der Waals surface area (Å²) < 4.78 is 7.58. The summed E-state index contributed by atoms with van der Waals surface area (Å²) in [5.74, 6) is 0.547. The fourth-order valence-electron chi connectivity index (χ4n) is 5.00. The molecule has 2 atom stereocenters. The second kappa shape index (κ2) is 9.98. The first-order chi connectivity index (χ1) is 17.9. The Morgan fingerprint density at radius 1 is 1.08 bits per heavy atom. The minimum Gasteiger partial charge on any atom is -0.495 e. The van der Waals surface area contributed by atoms with Crippen LogP contribution in [0.15, 0.2) is 73.1 Å². The van der Waals surface area contributed by atoms with Crippen molar-refractivity contribution in [1.29, 1.82) is 0 Å². The van der Waals surface area contributed by atoms with Gasteiger partial charge in [-0.3, -0.25) is 20.1 Å². The molecule has 1 aliphatic heterocycles. The molecule has 1 aromatic carbocycles. The summed E-state index contributed by atoms with van der Waals surface area (Å²) in [5.41, 5.74) is 5.25. The standard InChI is InChI=1S/C27H26N6O3S/c1-17-14-21(18(2)32(17)23-15-20(33(34)35)10-11-24(23)36-3)26-25(22-9-5-7-13-29-22)30-27(37)31(26)16-19-8-4-6-12-28-19/h4-15,25-26H,16H2,1-3H3,(H,30,37)/t25-,26-/m0/s1. The van der Waals surface area contributed by atoms with Crippen molar-refractivity contribution in [3.8, 4) is 11.4 Å². The molecule has 0 amide bonds. The van der Waals surface area contributed by atoms with E-state index in [-0.39, 0.29) is 17.8 Å². The van der Waals surface area contributed by atoms with Gasteiger partial charge in [0.2, 0.25) is 0 Å². The predicted octanol–water partition coefficient (Wildman–Crippen LogP) is 4.97. The lowest BCUT2D eigenvalue weighted by atomic mass is 9.96. The molecule has 4 heterocycles. The Bertz CT molecular complexity index is 1460. The van der Waals surface area contributed by atoms with Crippen molar-refractivity contribution in [3.63, 3.8) is 0 Å². The number of benzene rings is 1. The van der Waals surface area contributed by atoms with Gasteiger partial charge in [-0.25, -0.2) is 0 Å². The number of non-ortho nitro benzene ring substituents is 1. The number of ether oxygens (including phenoxy) is 1. The summed E-state index contributed by atoms with van der Waals surface area (Å²) in [6, 6.07) is 18.0. The molecule has 1 fully saturated rings. The van der Waals surface area contributed by atoms with E-state index in [1.165, 1.54) is 6.07 Å². The number of rotatable bonds is 7. The van der Waals surface area contributed by atoms with E-state index in [1.54, 1.807) is 31.6 Å². The van der Waals surface area contributed by atoms with E-state index in [0.29, 0.717) is 23.1 Å². The Labute approximate surface area is 219 Å². The highest BCUT2D eigenvalue weighted by Gasteiger charge is 2.41. The fraction of sp³-hybridized carbons (Fsp3) is 0.222. The number of nitrogens with one attached hydrogen (secondary N) is 1. The average Bonchev–Trinajstić information content (AvgIpc) is 3.39.